The third-order valence-corrected chi connectivity index (χ3v) is 1.01. The molecule has 0 radical (unpaired) electrons. The zero-order valence-electron chi connectivity index (χ0n) is 6.66. The Bertz CT molecular complexity index is 239. The van der Waals surface area contributed by atoms with Crippen LogP contribution in [0.25, 0.3) is 0 Å². The molecule has 74 valence electrons. The first-order chi connectivity index (χ1) is 6.04. The summed E-state index contributed by atoms with van der Waals surface area (Å²) in [5, 5.41) is 10.5. The molecule has 7 heteroatoms. The summed E-state index contributed by atoms with van der Waals surface area (Å²) < 4.78 is 27.7. The number of esters is 1. The largest absolute Gasteiger partial charge is 0.505 e. The lowest BCUT2D eigenvalue weighted by molar-refractivity contribution is -0.139. The molecule has 0 aromatic rings. The van der Waals surface area contributed by atoms with Gasteiger partial charge in [-0.1, -0.05) is 0 Å². The Labute approximate surface area is 72.0 Å². The van der Waals surface area contributed by atoms with Crippen LogP contribution in [0.4, 0.5) is 8.78 Å². The van der Waals surface area contributed by atoms with Crippen molar-refractivity contribution in [2.75, 3.05) is 6.61 Å². The van der Waals surface area contributed by atoms with Crippen molar-refractivity contribution in [1.82, 2.24) is 0 Å². The van der Waals surface area contributed by atoms with Crippen molar-refractivity contribution >= 4 is 5.97 Å². The minimum atomic E-state index is -3.32. The van der Waals surface area contributed by atoms with E-state index in [1.807, 2.05) is 5.18 Å². The van der Waals surface area contributed by atoms with Gasteiger partial charge < -0.3 is 9.84 Å². The van der Waals surface area contributed by atoms with Gasteiger partial charge in [-0.25, -0.2) is 13.6 Å². The van der Waals surface area contributed by atoms with Gasteiger partial charge in [0, 0.05) is 0 Å². The first-order valence-electron chi connectivity index (χ1n) is 3.26. The number of rotatable bonds is 4. The highest BCUT2D eigenvalue weighted by atomic mass is 19.3. The summed E-state index contributed by atoms with van der Waals surface area (Å²) in [7, 11) is 0. The van der Waals surface area contributed by atoms with Crippen LogP contribution in [-0.4, -0.2) is 24.1 Å². The first kappa shape index (κ1) is 11.5. The molecule has 0 aliphatic carbocycles. The van der Waals surface area contributed by atoms with E-state index < -0.39 is 23.9 Å². The maximum absolute atomic E-state index is 11.8. The highest BCUT2D eigenvalue weighted by molar-refractivity contribution is 5.88. The molecule has 13 heavy (non-hydrogen) atoms. The minimum absolute atomic E-state index is 0.103. The number of nitroso groups, excluding NO2 is 1. The van der Waals surface area contributed by atoms with E-state index >= 15 is 0 Å². The summed E-state index contributed by atoms with van der Waals surface area (Å²) in [6.07, 6.45) is -3.32. The van der Waals surface area contributed by atoms with Gasteiger partial charge in [0.25, 0.3) is 6.43 Å². The Hall–Kier alpha value is -1.53. The molecular formula is C6H7F2NO4. The number of aliphatic hydroxyl groups is 1. The maximum Gasteiger partial charge on any atom is 0.364 e. The summed E-state index contributed by atoms with van der Waals surface area (Å²) in [6, 6.07) is 0. The third kappa shape index (κ3) is 3.14. The lowest BCUT2D eigenvalue weighted by Crippen LogP contribution is -2.11. The van der Waals surface area contributed by atoms with Crippen molar-refractivity contribution in [1.29, 1.82) is 0 Å². The Morgan fingerprint density at radius 1 is 1.62 bits per heavy atom. The molecule has 0 spiro atoms. The van der Waals surface area contributed by atoms with Crippen LogP contribution in [0.5, 0.6) is 0 Å². The fourth-order valence-electron chi connectivity index (χ4n) is 0.491. The highest BCUT2D eigenvalue weighted by Gasteiger charge is 2.23. The van der Waals surface area contributed by atoms with E-state index in [2.05, 4.69) is 4.74 Å². The Kier molecular flexibility index (Phi) is 4.57. The molecular weight excluding hydrogens is 188 g/mol. The number of alkyl halides is 2. The second kappa shape index (κ2) is 5.18. The third-order valence-electron chi connectivity index (χ3n) is 1.01. The molecule has 0 heterocycles. The number of ether oxygens (including phenoxy) is 1. The molecule has 0 saturated carbocycles. The van der Waals surface area contributed by atoms with Crippen molar-refractivity contribution < 1.29 is 23.4 Å². The van der Waals surface area contributed by atoms with E-state index in [0.717, 1.165) is 0 Å². The molecule has 0 aliphatic heterocycles. The van der Waals surface area contributed by atoms with Crippen LogP contribution < -0.4 is 0 Å². The molecule has 0 aromatic carbocycles. The number of hydrogen-bond donors (Lipinski definition) is 1. The van der Waals surface area contributed by atoms with Crippen LogP contribution >= 0.6 is 0 Å². The second-order valence-electron chi connectivity index (χ2n) is 1.85. The zero-order valence-corrected chi connectivity index (χ0v) is 6.66. The number of carbonyl (C=O) groups excluding carboxylic acids is 1. The molecule has 0 saturated heterocycles. The lowest BCUT2D eigenvalue weighted by atomic mass is 10.4. The van der Waals surface area contributed by atoms with E-state index in [1.165, 1.54) is 6.92 Å². The number of carbonyl (C=O) groups is 1. The lowest BCUT2D eigenvalue weighted by Gasteiger charge is -2.01. The molecule has 0 aromatic heterocycles. The molecule has 0 unspecified atom stereocenters. The summed E-state index contributed by atoms with van der Waals surface area (Å²) in [6.45, 7) is 1.31. The predicted octanol–water partition coefficient (Wildman–Crippen LogP) is 1.35. The van der Waals surface area contributed by atoms with E-state index in [1.54, 1.807) is 0 Å². The molecule has 0 amide bonds. The normalized spacial score (nSPS) is 12.3. The molecule has 0 rings (SSSR count). The monoisotopic (exact) mass is 195 g/mol. The Balaban J connectivity index is 4.77. The van der Waals surface area contributed by atoms with Gasteiger partial charge >= 0.3 is 5.97 Å². The van der Waals surface area contributed by atoms with Crippen LogP contribution in [0.1, 0.15) is 6.92 Å². The van der Waals surface area contributed by atoms with Crippen LogP contribution in [0.3, 0.4) is 0 Å². The number of hydrogen-bond acceptors (Lipinski definition) is 5. The number of nitrogens with zero attached hydrogens (tertiary/aromatic N) is 1. The molecule has 1 N–H and O–H groups in total. The summed E-state index contributed by atoms with van der Waals surface area (Å²) in [4.78, 5) is 20.5. The number of aliphatic hydroxyl groups excluding tert-OH is 1. The quantitative estimate of drug-likeness (QED) is 0.318. The summed E-state index contributed by atoms with van der Waals surface area (Å²) >= 11 is 0. The van der Waals surface area contributed by atoms with Crippen LogP contribution in [0.2, 0.25) is 0 Å². The molecule has 0 fully saturated rings. The average molecular weight is 195 g/mol. The van der Waals surface area contributed by atoms with Crippen LogP contribution in [-0.2, 0) is 9.53 Å². The molecule has 0 bridgehead atoms. The number of halogens is 2. The van der Waals surface area contributed by atoms with Gasteiger partial charge in [0.15, 0.2) is 5.76 Å². The van der Waals surface area contributed by atoms with E-state index in [9.17, 15) is 18.5 Å². The fraction of sp³-hybridized carbons (Fsp3) is 0.500. The van der Waals surface area contributed by atoms with Gasteiger partial charge in [-0.15, -0.1) is 4.91 Å². The van der Waals surface area contributed by atoms with Crippen molar-refractivity contribution in [3.05, 3.63) is 16.4 Å². The Morgan fingerprint density at radius 2 is 2.15 bits per heavy atom. The van der Waals surface area contributed by atoms with Gasteiger partial charge in [-0.3, -0.25) is 0 Å². The number of allylic oxidation sites excluding steroid dienone is 1. The summed E-state index contributed by atoms with van der Waals surface area (Å²) in [5.74, 6) is -3.04. The minimum Gasteiger partial charge on any atom is -0.505 e. The smallest absolute Gasteiger partial charge is 0.364 e. The second-order valence-corrected chi connectivity index (χ2v) is 1.85. The van der Waals surface area contributed by atoms with Crippen molar-refractivity contribution in [3.63, 3.8) is 0 Å². The average Bonchev–Trinajstić information content (AvgIpc) is 2.05. The van der Waals surface area contributed by atoms with E-state index in [0.29, 0.717) is 0 Å². The topological polar surface area (TPSA) is 76.0 Å². The van der Waals surface area contributed by atoms with Gasteiger partial charge in [-0.05, 0) is 12.1 Å². The molecule has 0 aliphatic rings. The highest BCUT2D eigenvalue weighted by Crippen LogP contribution is 2.13. The van der Waals surface area contributed by atoms with Gasteiger partial charge in [-0.2, -0.15) is 0 Å². The fourth-order valence-corrected chi connectivity index (χ4v) is 0.491. The predicted molar refractivity (Wildman–Crippen MR) is 38.1 cm³/mol. The SMILES string of the molecule is CCOC(=O)/C(N=O)=C(\O)C(F)F. The zero-order chi connectivity index (χ0) is 10.4. The van der Waals surface area contributed by atoms with Crippen molar-refractivity contribution in [2.45, 2.75) is 13.3 Å². The van der Waals surface area contributed by atoms with Crippen molar-refractivity contribution in [2.24, 2.45) is 5.18 Å². The van der Waals surface area contributed by atoms with Crippen molar-refractivity contribution in [3.8, 4) is 0 Å². The standard InChI is InChI=1S/C6H7F2NO4/c1-2-13-6(11)3(9-12)4(10)5(7)8/h5,10H,2H2,1H3/b4-3+. The van der Waals surface area contributed by atoms with Gasteiger partial charge in [0.2, 0.25) is 5.70 Å². The van der Waals surface area contributed by atoms with Gasteiger partial charge in [0.05, 0.1) is 6.61 Å². The van der Waals surface area contributed by atoms with Crippen LogP contribution in [0, 0.1) is 4.91 Å². The maximum atomic E-state index is 11.8. The molecule has 0 atom stereocenters. The first-order valence-corrected chi connectivity index (χ1v) is 3.26. The Morgan fingerprint density at radius 3 is 2.46 bits per heavy atom. The van der Waals surface area contributed by atoms with Gasteiger partial charge in [0.1, 0.15) is 0 Å². The van der Waals surface area contributed by atoms with E-state index in [-0.39, 0.29) is 6.61 Å². The summed E-state index contributed by atoms with van der Waals surface area (Å²) in [5.41, 5.74) is -1.29. The molecule has 5 nitrogen and oxygen atoms in total. The van der Waals surface area contributed by atoms with E-state index in [4.69, 9.17) is 5.11 Å². The van der Waals surface area contributed by atoms with Crippen LogP contribution in [0.15, 0.2) is 16.6 Å².